The van der Waals surface area contributed by atoms with Crippen molar-refractivity contribution in [2.75, 3.05) is 0 Å². The molecule has 0 radical (unpaired) electrons. The van der Waals surface area contributed by atoms with Gasteiger partial charge in [0.05, 0.1) is 5.69 Å². The number of aromatic carboxylic acids is 1. The predicted molar refractivity (Wildman–Crippen MR) is 68.3 cm³/mol. The second-order valence-corrected chi connectivity index (χ2v) is 4.51. The molecule has 0 aliphatic carbocycles. The predicted octanol–water partition coefficient (Wildman–Crippen LogP) is 2.98. The smallest absolute Gasteiger partial charge is 0.354 e. The fourth-order valence-corrected chi connectivity index (χ4v) is 2.20. The highest BCUT2D eigenvalue weighted by Gasteiger charge is 2.16. The van der Waals surface area contributed by atoms with Crippen molar-refractivity contribution >= 4 is 23.2 Å². The van der Waals surface area contributed by atoms with Gasteiger partial charge in [-0.05, 0) is 12.8 Å². The van der Waals surface area contributed by atoms with Gasteiger partial charge in [-0.1, -0.05) is 25.4 Å². The Morgan fingerprint density at radius 2 is 2.11 bits per heavy atom. The Hall–Kier alpha value is -1.62. The summed E-state index contributed by atoms with van der Waals surface area (Å²) in [6, 6.07) is 3.11. The molecule has 2 aromatic rings. The Morgan fingerprint density at radius 3 is 2.67 bits per heavy atom. The lowest BCUT2D eigenvalue weighted by Crippen LogP contribution is -2.03. The van der Waals surface area contributed by atoms with Gasteiger partial charge in [0.25, 0.3) is 0 Å². The summed E-state index contributed by atoms with van der Waals surface area (Å²) in [5.41, 5.74) is 1.31. The number of rotatable bonds is 4. The number of carboxylic acid groups (broad SMARTS) is 1. The highest BCUT2D eigenvalue weighted by molar-refractivity contribution is 6.30. The minimum atomic E-state index is -1.09. The summed E-state index contributed by atoms with van der Waals surface area (Å²) in [7, 11) is 0. The van der Waals surface area contributed by atoms with Crippen LogP contribution in [0.5, 0.6) is 0 Å². The van der Waals surface area contributed by atoms with Gasteiger partial charge in [-0.15, -0.1) is 0 Å². The highest BCUT2D eigenvalue weighted by Crippen LogP contribution is 2.24. The summed E-state index contributed by atoms with van der Waals surface area (Å²) >= 11 is 6.01. The Bertz CT molecular complexity index is 590. The molecule has 2 aromatic heterocycles. The first-order valence-electron chi connectivity index (χ1n) is 5.86. The van der Waals surface area contributed by atoms with Crippen molar-refractivity contribution in [3.63, 3.8) is 0 Å². The average Bonchev–Trinajstić information content (AvgIpc) is 2.74. The van der Waals surface area contributed by atoms with E-state index in [2.05, 4.69) is 23.9 Å². The van der Waals surface area contributed by atoms with E-state index >= 15 is 0 Å². The van der Waals surface area contributed by atoms with Crippen molar-refractivity contribution in [2.24, 2.45) is 0 Å². The first kappa shape index (κ1) is 12.8. The van der Waals surface area contributed by atoms with Gasteiger partial charge in [0.15, 0.2) is 11.3 Å². The van der Waals surface area contributed by atoms with E-state index in [4.69, 9.17) is 16.7 Å². The average molecular weight is 268 g/mol. The van der Waals surface area contributed by atoms with Crippen LogP contribution in [0, 0.1) is 0 Å². The molecule has 0 atom stereocenters. The van der Waals surface area contributed by atoms with Crippen LogP contribution in [-0.4, -0.2) is 25.7 Å². The van der Waals surface area contributed by atoms with Crippen LogP contribution < -0.4 is 0 Å². The Morgan fingerprint density at radius 1 is 1.44 bits per heavy atom. The first-order valence-corrected chi connectivity index (χ1v) is 6.24. The molecule has 0 saturated heterocycles. The molecule has 0 spiro atoms. The zero-order valence-corrected chi connectivity index (χ0v) is 11.0. The number of nitrogens with zero attached hydrogens (tertiary/aromatic N) is 3. The molecule has 0 aliphatic rings. The van der Waals surface area contributed by atoms with Crippen LogP contribution in [0.15, 0.2) is 12.1 Å². The molecular formula is C12H14ClN3O2. The maximum atomic E-state index is 10.9. The van der Waals surface area contributed by atoms with Gasteiger partial charge in [0.2, 0.25) is 0 Å². The third-order valence-electron chi connectivity index (χ3n) is 3.03. The molecule has 0 aliphatic heterocycles. The molecule has 2 heterocycles. The molecule has 0 amide bonds. The molecule has 0 unspecified atom stereocenters. The summed E-state index contributed by atoms with van der Waals surface area (Å²) in [6.07, 6.45) is 1.95. The molecule has 0 saturated carbocycles. The third kappa shape index (κ3) is 2.18. The van der Waals surface area contributed by atoms with Crippen LogP contribution in [0.1, 0.15) is 48.8 Å². The Labute approximate surface area is 109 Å². The monoisotopic (exact) mass is 267 g/mol. The highest BCUT2D eigenvalue weighted by atomic mass is 35.5. The van der Waals surface area contributed by atoms with Gasteiger partial charge in [0.1, 0.15) is 5.15 Å². The van der Waals surface area contributed by atoms with Gasteiger partial charge < -0.3 is 5.11 Å². The zero-order valence-electron chi connectivity index (χ0n) is 10.2. The maximum absolute atomic E-state index is 10.9. The normalized spacial score (nSPS) is 11.3. The van der Waals surface area contributed by atoms with Crippen molar-refractivity contribution in [2.45, 2.75) is 32.6 Å². The second-order valence-electron chi connectivity index (χ2n) is 4.12. The first-order chi connectivity index (χ1) is 8.56. The number of carboxylic acids is 1. The molecule has 2 rings (SSSR count). The molecule has 96 valence electrons. The molecule has 0 aromatic carbocycles. The number of aromatic nitrogens is 3. The quantitative estimate of drug-likeness (QED) is 0.865. The molecule has 0 bridgehead atoms. The summed E-state index contributed by atoms with van der Waals surface area (Å²) in [4.78, 5) is 14.9. The Kier molecular flexibility index (Phi) is 3.52. The second kappa shape index (κ2) is 4.94. The summed E-state index contributed by atoms with van der Waals surface area (Å²) in [5, 5.41) is 13.6. The van der Waals surface area contributed by atoms with Gasteiger partial charge in [-0.3, -0.25) is 0 Å². The third-order valence-corrected chi connectivity index (χ3v) is 3.29. The van der Waals surface area contributed by atoms with Gasteiger partial charge in [0, 0.05) is 18.1 Å². The topological polar surface area (TPSA) is 67.5 Å². The number of hydrogen-bond donors (Lipinski definition) is 1. The van der Waals surface area contributed by atoms with E-state index in [0.717, 1.165) is 18.5 Å². The lowest BCUT2D eigenvalue weighted by Gasteiger charge is -2.06. The largest absolute Gasteiger partial charge is 0.477 e. The van der Waals surface area contributed by atoms with Gasteiger partial charge in [-0.25, -0.2) is 14.3 Å². The molecule has 18 heavy (non-hydrogen) atoms. The summed E-state index contributed by atoms with van der Waals surface area (Å²) in [5.74, 6) is -0.749. The maximum Gasteiger partial charge on any atom is 0.354 e. The van der Waals surface area contributed by atoms with Crippen molar-refractivity contribution in [3.8, 4) is 0 Å². The van der Waals surface area contributed by atoms with E-state index in [0.29, 0.717) is 11.6 Å². The molecular weight excluding hydrogens is 254 g/mol. The van der Waals surface area contributed by atoms with Gasteiger partial charge >= 0.3 is 5.97 Å². The molecule has 5 nitrogen and oxygen atoms in total. The standard InChI is InChI=1S/C12H14ClN3O2/c1-3-7(4-2)8-6-11-14-9(12(17)18)5-10(13)16(11)15-8/h5-7H,3-4H2,1-2H3,(H,17,18). The van der Waals surface area contributed by atoms with E-state index in [1.807, 2.05) is 0 Å². The lowest BCUT2D eigenvalue weighted by molar-refractivity contribution is 0.0690. The van der Waals surface area contributed by atoms with E-state index < -0.39 is 5.97 Å². The minimum Gasteiger partial charge on any atom is -0.477 e. The molecule has 6 heteroatoms. The van der Waals surface area contributed by atoms with Crippen molar-refractivity contribution in [1.82, 2.24) is 14.6 Å². The lowest BCUT2D eigenvalue weighted by atomic mass is 10.00. The summed E-state index contributed by atoms with van der Waals surface area (Å²) in [6.45, 7) is 4.19. The van der Waals surface area contributed by atoms with E-state index in [1.54, 1.807) is 6.07 Å². The van der Waals surface area contributed by atoms with E-state index in [1.165, 1.54) is 10.6 Å². The van der Waals surface area contributed by atoms with Crippen LogP contribution >= 0.6 is 11.6 Å². The molecule has 1 N–H and O–H groups in total. The fraction of sp³-hybridized carbons (Fsp3) is 0.417. The van der Waals surface area contributed by atoms with Crippen LogP contribution in [0.3, 0.4) is 0 Å². The van der Waals surface area contributed by atoms with E-state index in [-0.39, 0.29) is 10.8 Å². The number of fused-ring (bicyclic) bond motifs is 1. The summed E-state index contributed by atoms with van der Waals surface area (Å²) < 4.78 is 1.47. The number of hydrogen-bond acceptors (Lipinski definition) is 3. The van der Waals surface area contributed by atoms with Gasteiger partial charge in [-0.2, -0.15) is 5.10 Å². The zero-order chi connectivity index (χ0) is 13.3. The fourth-order valence-electron chi connectivity index (χ4n) is 1.97. The number of halogens is 1. The minimum absolute atomic E-state index is 0.0662. The van der Waals surface area contributed by atoms with Crippen LogP contribution in [0.4, 0.5) is 0 Å². The Balaban J connectivity index is 2.57. The van der Waals surface area contributed by atoms with Crippen molar-refractivity contribution < 1.29 is 9.90 Å². The van der Waals surface area contributed by atoms with E-state index in [9.17, 15) is 4.79 Å². The van der Waals surface area contributed by atoms with Crippen molar-refractivity contribution in [1.29, 1.82) is 0 Å². The SMILES string of the molecule is CCC(CC)c1cc2nc(C(=O)O)cc(Cl)n2n1. The molecule has 0 fully saturated rings. The van der Waals surface area contributed by atoms with Crippen LogP contribution in [-0.2, 0) is 0 Å². The van der Waals surface area contributed by atoms with Crippen LogP contribution in [0.2, 0.25) is 5.15 Å². The number of carbonyl (C=O) groups is 1. The van der Waals surface area contributed by atoms with Crippen LogP contribution in [0.25, 0.3) is 5.65 Å². The van der Waals surface area contributed by atoms with Crippen molar-refractivity contribution in [3.05, 3.63) is 28.7 Å².